The van der Waals surface area contributed by atoms with Gasteiger partial charge in [0, 0.05) is 15.6 Å². The highest BCUT2D eigenvalue weighted by molar-refractivity contribution is 6.35. The molecule has 1 unspecified atom stereocenters. The molecule has 0 bridgehead atoms. The topological polar surface area (TPSA) is 121 Å². The number of ether oxygens (including phenoxy) is 2. The molecule has 12 heteroatoms. The number of methoxy groups -OCH3 is 2. The predicted molar refractivity (Wildman–Crippen MR) is 99.8 cm³/mol. The number of rotatable bonds is 5. The van der Waals surface area contributed by atoms with Crippen molar-refractivity contribution in [1.29, 1.82) is 0 Å². The molecule has 152 valence electrons. The number of aliphatic hydroxyl groups is 1. The van der Waals surface area contributed by atoms with Gasteiger partial charge in [0.05, 0.1) is 27.2 Å². The van der Waals surface area contributed by atoms with Gasteiger partial charge in [-0.3, -0.25) is 14.8 Å². The molecule has 1 aliphatic rings. The van der Waals surface area contributed by atoms with Crippen molar-refractivity contribution < 1.29 is 29.0 Å². The van der Waals surface area contributed by atoms with Crippen LogP contribution in [0, 0.1) is 0 Å². The molecule has 10 nitrogen and oxygen atoms in total. The van der Waals surface area contributed by atoms with Crippen molar-refractivity contribution in [1.82, 2.24) is 15.3 Å². The summed E-state index contributed by atoms with van der Waals surface area (Å²) >= 11 is 12.1. The molecular weight excluding hydrogens is 415 g/mol. The quantitative estimate of drug-likeness (QED) is 0.721. The number of carbonyl (C=O) groups excluding carboxylic acids is 3. The van der Waals surface area contributed by atoms with Crippen LogP contribution < -0.4 is 5.43 Å². The summed E-state index contributed by atoms with van der Waals surface area (Å²) in [5, 5.41) is 13.2. The minimum Gasteiger partial charge on any atom is -0.452 e. The van der Waals surface area contributed by atoms with Crippen molar-refractivity contribution in [3.8, 4) is 0 Å². The normalized spacial score (nSPS) is 15.1. The number of amides is 3. The number of aliphatic imine (C=N–C) groups is 1. The lowest BCUT2D eigenvalue weighted by molar-refractivity contribution is -0.134. The Morgan fingerprint density at radius 3 is 2.43 bits per heavy atom. The van der Waals surface area contributed by atoms with Crippen LogP contribution in [-0.4, -0.2) is 66.9 Å². The van der Waals surface area contributed by atoms with Gasteiger partial charge in [-0.05, 0) is 12.1 Å². The highest BCUT2D eigenvalue weighted by atomic mass is 35.5. The van der Waals surface area contributed by atoms with Crippen LogP contribution in [0.2, 0.25) is 10.0 Å². The van der Waals surface area contributed by atoms with Gasteiger partial charge in [-0.15, -0.1) is 4.90 Å². The summed E-state index contributed by atoms with van der Waals surface area (Å²) < 4.78 is 8.89. The zero-order valence-corrected chi connectivity index (χ0v) is 16.5. The monoisotopic (exact) mass is 432 g/mol. The Balaban J connectivity index is 2.40. The molecule has 1 heterocycles. The second-order valence-electron chi connectivity index (χ2n) is 5.74. The number of β-amino-alcohol motifs (C(OH)–C–C–N with tert-alkyl or cyclic N) is 1. The number of hydrogen-bond acceptors (Lipinski definition) is 9. The van der Waals surface area contributed by atoms with Crippen LogP contribution in [0.15, 0.2) is 23.2 Å². The number of hydrazine groups is 1. The minimum absolute atomic E-state index is 0.0987. The van der Waals surface area contributed by atoms with Crippen molar-refractivity contribution >= 4 is 47.6 Å². The van der Waals surface area contributed by atoms with E-state index in [-0.39, 0.29) is 28.7 Å². The Bertz CT molecular complexity index is 789. The minimum atomic E-state index is -1.91. The highest BCUT2D eigenvalue weighted by Crippen LogP contribution is 2.34. The molecule has 1 aromatic rings. The van der Waals surface area contributed by atoms with E-state index in [4.69, 9.17) is 23.2 Å². The fourth-order valence-electron chi connectivity index (χ4n) is 2.58. The maximum Gasteiger partial charge on any atom is 0.426 e. The third kappa shape index (κ3) is 4.90. The lowest BCUT2D eigenvalue weighted by Crippen LogP contribution is -2.49. The Labute approximate surface area is 170 Å². The van der Waals surface area contributed by atoms with Crippen LogP contribution in [0.4, 0.5) is 9.59 Å². The van der Waals surface area contributed by atoms with Gasteiger partial charge in [-0.2, -0.15) is 0 Å². The number of carbonyl (C=O) groups is 3. The molecule has 1 atom stereocenters. The number of halogens is 2. The van der Waals surface area contributed by atoms with Gasteiger partial charge < -0.3 is 14.6 Å². The highest BCUT2D eigenvalue weighted by Gasteiger charge is 2.41. The fraction of sp³-hybridized carbons (Fsp3) is 0.375. The molecule has 28 heavy (non-hydrogen) atoms. The molecule has 0 saturated carbocycles. The summed E-state index contributed by atoms with van der Waals surface area (Å²) in [5.41, 5.74) is 1.11. The van der Waals surface area contributed by atoms with Gasteiger partial charge in [-0.25, -0.2) is 15.0 Å². The molecule has 0 spiro atoms. The number of nitrogens with one attached hydrogen (secondary N) is 1. The van der Waals surface area contributed by atoms with Crippen molar-refractivity contribution in [3.05, 3.63) is 33.8 Å². The molecule has 0 fully saturated rings. The number of nitrogens with zero attached hydrogens (tertiary/aromatic N) is 3. The Kier molecular flexibility index (Phi) is 7.19. The molecule has 1 aliphatic heterocycles. The summed E-state index contributed by atoms with van der Waals surface area (Å²) in [7, 11) is 2.00. The molecule has 0 aliphatic carbocycles. The summed E-state index contributed by atoms with van der Waals surface area (Å²) in [6.07, 6.45) is -1.76. The van der Waals surface area contributed by atoms with Crippen molar-refractivity contribution in [2.75, 3.05) is 27.4 Å². The van der Waals surface area contributed by atoms with Gasteiger partial charge in [-0.1, -0.05) is 29.3 Å². The average molecular weight is 433 g/mol. The molecule has 3 amide bonds. The SMILES string of the molecule is COC(=O)N(C(=O)CC(O)(CN1C=NCN1)c1ccc(Cl)cc1Cl)C(=O)OC. The maximum absolute atomic E-state index is 12.7. The second kappa shape index (κ2) is 9.20. The first-order chi connectivity index (χ1) is 13.2. The van der Waals surface area contributed by atoms with E-state index < -0.39 is 30.1 Å². The number of hydrogen-bond donors (Lipinski definition) is 2. The lowest BCUT2D eigenvalue weighted by atomic mass is 9.89. The van der Waals surface area contributed by atoms with Gasteiger partial charge in [0.25, 0.3) is 0 Å². The maximum atomic E-state index is 12.7. The van der Waals surface area contributed by atoms with E-state index in [0.29, 0.717) is 5.02 Å². The van der Waals surface area contributed by atoms with Crippen LogP contribution in [0.1, 0.15) is 12.0 Å². The van der Waals surface area contributed by atoms with Gasteiger partial charge in [0.1, 0.15) is 18.6 Å². The van der Waals surface area contributed by atoms with Gasteiger partial charge >= 0.3 is 12.2 Å². The number of benzene rings is 1. The van der Waals surface area contributed by atoms with E-state index in [1.807, 2.05) is 0 Å². The molecule has 0 saturated heterocycles. The summed E-state index contributed by atoms with van der Waals surface area (Å²) in [6.45, 7) is 0.120. The molecule has 1 aromatic carbocycles. The van der Waals surface area contributed by atoms with Crippen LogP contribution >= 0.6 is 23.2 Å². The van der Waals surface area contributed by atoms with Gasteiger partial charge in [0.15, 0.2) is 0 Å². The van der Waals surface area contributed by atoms with E-state index in [2.05, 4.69) is 19.9 Å². The summed E-state index contributed by atoms with van der Waals surface area (Å²) in [5.74, 6) is -1.05. The molecule has 0 aromatic heterocycles. The van der Waals surface area contributed by atoms with E-state index in [0.717, 1.165) is 14.2 Å². The van der Waals surface area contributed by atoms with Crippen molar-refractivity contribution in [2.45, 2.75) is 12.0 Å². The number of imide groups is 3. The third-order valence-corrected chi connectivity index (χ3v) is 4.41. The van der Waals surface area contributed by atoms with E-state index in [9.17, 15) is 19.5 Å². The Hall–Kier alpha value is -2.40. The van der Waals surface area contributed by atoms with E-state index in [1.165, 1.54) is 29.5 Å². The van der Waals surface area contributed by atoms with Crippen LogP contribution in [0.3, 0.4) is 0 Å². The summed E-state index contributed by atoms with van der Waals surface area (Å²) in [4.78, 5) is 40.5. The standard InChI is InChI=1S/C16H18Cl2N4O6/c1-27-14(24)22(15(25)28-2)13(23)6-16(26,7-21-9-19-8-20-21)11-4-3-10(17)5-12(11)18/h3-5,9,20,26H,6-8H2,1-2H3. The Morgan fingerprint density at radius 2 is 1.93 bits per heavy atom. The van der Waals surface area contributed by atoms with Crippen LogP contribution in [0.5, 0.6) is 0 Å². The molecule has 2 N–H and O–H groups in total. The smallest absolute Gasteiger partial charge is 0.426 e. The molecular formula is C16H18Cl2N4O6. The Morgan fingerprint density at radius 1 is 1.29 bits per heavy atom. The zero-order chi connectivity index (χ0) is 20.9. The first-order valence-corrected chi connectivity index (χ1v) is 8.64. The van der Waals surface area contributed by atoms with Crippen LogP contribution in [0.25, 0.3) is 0 Å². The van der Waals surface area contributed by atoms with Crippen LogP contribution in [-0.2, 0) is 19.9 Å². The first-order valence-electron chi connectivity index (χ1n) is 7.88. The van der Waals surface area contributed by atoms with E-state index >= 15 is 0 Å². The fourth-order valence-corrected chi connectivity index (χ4v) is 3.17. The first kappa shape index (κ1) is 21.9. The zero-order valence-electron chi connectivity index (χ0n) is 15.0. The average Bonchev–Trinajstić information content (AvgIpc) is 3.13. The predicted octanol–water partition coefficient (Wildman–Crippen LogP) is 1.74. The largest absolute Gasteiger partial charge is 0.452 e. The third-order valence-electron chi connectivity index (χ3n) is 3.86. The second-order valence-corrected chi connectivity index (χ2v) is 6.59. The molecule has 0 radical (unpaired) electrons. The lowest BCUT2D eigenvalue weighted by Gasteiger charge is -2.33. The van der Waals surface area contributed by atoms with E-state index in [1.54, 1.807) is 0 Å². The van der Waals surface area contributed by atoms with Gasteiger partial charge in [0.2, 0.25) is 5.91 Å². The van der Waals surface area contributed by atoms with Crippen molar-refractivity contribution in [3.63, 3.8) is 0 Å². The molecule has 2 rings (SSSR count). The summed E-state index contributed by atoms with van der Waals surface area (Å²) in [6, 6.07) is 4.34. The van der Waals surface area contributed by atoms with Crippen molar-refractivity contribution in [2.24, 2.45) is 4.99 Å².